The highest BCUT2D eigenvalue weighted by Gasteiger charge is 2.07. The van der Waals surface area contributed by atoms with E-state index in [1.165, 1.54) is 10.8 Å². The van der Waals surface area contributed by atoms with Crippen molar-refractivity contribution >= 4 is 33.8 Å². The first-order valence-electron chi connectivity index (χ1n) is 11.2. The first-order valence-corrected chi connectivity index (χ1v) is 11.2. The topological polar surface area (TPSA) is 72.8 Å². The lowest BCUT2D eigenvalue weighted by atomic mass is 10.1. The summed E-state index contributed by atoms with van der Waals surface area (Å²) in [6.45, 7) is 0.252. The predicted molar refractivity (Wildman–Crippen MR) is 138 cm³/mol. The number of hydrogen-bond donors (Lipinski definition) is 1. The maximum absolute atomic E-state index is 12.2. The molecule has 1 N–H and O–H groups in total. The van der Waals surface area contributed by atoms with E-state index in [0.29, 0.717) is 23.6 Å². The van der Waals surface area contributed by atoms with Gasteiger partial charge in [-0.05, 0) is 46.7 Å². The van der Waals surface area contributed by atoms with Crippen LogP contribution in [0, 0.1) is 0 Å². The van der Waals surface area contributed by atoms with E-state index in [0.717, 1.165) is 16.5 Å². The fourth-order valence-corrected chi connectivity index (χ4v) is 3.75. The molecule has 1 amide bonds. The molecular formula is C29H23N3O3. The van der Waals surface area contributed by atoms with E-state index in [1.807, 2.05) is 60.7 Å². The lowest BCUT2D eigenvalue weighted by molar-refractivity contribution is -0.123. The number of rotatable bonds is 8. The van der Waals surface area contributed by atoms with Crippen LogP contribution in [0.4, 0.5) is 0 Å². The van der Waals surface area contributed by atoms with Crippen molar-refractivity contribution in [2.45, 2.75) is 6.61 Å². The summed E-state index contributed by atoms with van der Waals surface area (Å²) in [5.41, 5.74) is 5.04. The zero-order valence-corrected chi connectivity index (χ0v) is 18.9. The Labute approximate surface area is 202 Å². The van der Waals surface area contributed by atoms with Gasteiger partial charge in [0.25, 0.3) is 5.91 Å². The fourth-order valence-electron chi connectivity index (χ4n) is 3.75. The third-order valence-electron chi connectivity index (χ3n) is 5.47. The number of pyridine rings is 1. The molecule has 0 saturated carbocycles. The summed E-state index contributed by atoms with van der Waals surface area (Å²) < 4.78 is 11.7. The van der Waals surface area contributed by atoms with Crippen LogP contribution >= 0.6 is 0 Å². The molecule has 1 heterocycles. The average Bonchev–Trinajstić information content (AvgIpc) is 2.91. The van der Waals surface area contributed by atoms with E-state index in [9.17, 15) is 4.79 Å². The summed E-state index contributed by atoms with van der Waals surface area (Å²) in [5.74, 6) is 0.857. The Kier molecular flexibility index (Phi) is 6.62. The molecule has 0 aliphatic heterocycles. The van der Waals surface area contributed by atoms with Crippen LogP contribution in [0.15, 0.2) is 108 Å². The van der Waals surface area contributed by atoms with Gasteiger partial charge in [0.05, 0.1) is 6.21 Å². The summed E-state index contributed by atoms with van der Waals surface area (Å²) in [4.78, 5) is 16.6. The van der Waals surface area contributed by atoms with Crippen molar-refractivity contribution in [2.75, 3.05) is 6.61 Å². The molecule has 1 aromatic heterocycles. The summed E-state index contributed by atoms with van der Waals surface area (Å²) in [5, 5.41) is 7.39. The van der Waals surface area contributed by atoms with Crippen LogP contribution in [0.5, 0.6) is 11.5 Å². The molecule has 0 saturated heterocycles. The van der Waals surface area contributed by atoms with Crippen LogP contribution in [-0.2, 0) is 11.4 Å². The molecule has 0 fully saturated rings. The van der Waals surface area contributed by atoms with Crippen LogP contribution in [0.1, 0.15) is 11.1 Å². The highest BCUT2D eigenvalue weighted by atomic mass is 16.5. The van der Waals surface area contributed by atoms with Gasteiger partial charge in [0, 0.05) is 17.1 Å². The average molecular weight is 462 g/mol. The Morgan fingerprint density at radius 2 is 1.57 bits per heavy atom. The molecule has 6 nitrogen and oxygen atoms in total. The Morgan fingerprint density at radius 1 is 0.800 bits per heavy atom. The number of amides is 1. The minimum atomic E-state index is -0.372. The number of ether oxygens (including phenoxy) is 2. The summed E-state index contributed by atoms with van der Waals surface area (Å²) in [7, 11) is 0. The number of nitrogens with one attached hydrogen (secondary N) is 1. The second-order valence-electron chi connectivity index (χ2n) is 7.92. The number of carbonyl (C=O) groups excluding carboxylic acids is 1. The van der Waals surface area contributed by atoms with Crippen LogP contribution in [0.25, 0.3) is 21.7 Å². The number of hydrazone groups is 1. The third kappa shape index (κ3) is 5.45. The molecule has 4 aromatic carbocycles. The van der Waals surface area contributed by atoms with Gasteiger partial charge in [0.2, 0.25) is 0 Å². The van der Waals surface area contributed by atoms with Crippen molar-refractivity contribution in [3.63, 3.8) is 0 Å². The molecule has 5 aromatic rings. The van der Waals surface area contributed by atoms with Crippen molar-refractivity contribution in [2.24, 2.45) is 5.10 Å². The lowest BCUT2D eigenvalue weighted by Crippen LogP contribution is -2.24. The molecule has 35 heavy (non-hydrogen) atoms. The van der Waals surface area contributed by atoms with Gasteiger partial charge in [-0.15, -0.1) is 0 Å². The van der Waals surface area contributed by atoms with E-state index >= 15 is 0 Å². The number of carbonyl (C=O) groups is 1. The van der Waals surface area contributed by atoms with Gasteiger partial charge in [-0.3, -0.25) is 9.78 Å². The molecule has 0 aliphatic carbocycles. The first kappa shape index (κ1) is 22.1. The van der Waals surface area contributed by atoms with E-state index in [4.69, 9.17) is 9.47 Å². The Hall–Kier alpha value is -4.71. The van der Waals surface area contributed by atoms with Crippen LogP contribution in [0.2, 0.25) is 0 Å². The van der Waals surface area contributed by atoms with Crippen LogP contribution in [-0.4, -0.2) is 23.7 Å². The van der Waals surface area contributed by atoms with Gasteiger partial charge in [-0.25, -0.2) is 5.43 Å². The van der Waals surface area contributed by atoms with Crippen LogP contribution < -0.4 is 14.9 Å². The molecule has 0 unspecified atom stereocenters. The van der Waals surface area contributed by atoms with Gasteiger partial charge < -0.3 is 9.47 Å². The minimum Gasteiger partial charge on any atom is -0.488 e. The highest BCUT2D eigenvalue weighted by molar-refractivity contribution is 5.87. The van der Waals surface area contributed by atoms with Gasteiger partial charge in [0.15, 0.2) is 6.61 Å². The quantitative estimate of drug-likeness (QED) is 0.245. The molecule has 0 spiro atoms. The summed E-state index contributed by atoms with van der Waals surface area (Å²) in [6, 6.07) is 31.4. The maximum atomic E-state index is 12.2. The van der Waals surface area contributed by atoms with Crippen molar-refractivity contribution in [3.05, 3.63) is 114 Å². The van der Waals surface area contributed by atoms with E-state index in [2.05, 4.69) is 45.8 Å². The summed E-state index contributed by atoms with van der Waals surface area (Å²) in [6.07, 6.45) is 3.26. The number of fused-ring (bicyclic) bond motifs is 2. The SMILES string of the molecule is O=C(COc1cccc2cccnc12)N/N=C/c1ccccc1OCc1ccc2ccccc2c1. The fraction of sp³-hybridized carbons (Fsp3) is 0.0690. The van der Waals surface area contributed by atoms with E-state index in [-0.39, 0.29) is 12.5 Å². The number of hydrogen-bond acceptors (Lipinski definition) is 5. The number of benzene rings is 4. The molecule has 0 atom stereocenters. The molecule has 0 bridgehead atoms. The van der Waals surface area contributed by atoms with Crippen molar-refractivity contribution < 1.29 is 14.3 Å². The largest absolute Gasteiger partial charge is 0.488 e. The second kappa shape index (κ2) is 10.5. The smallest absolute Gasteiger partial charge is 0.277 e. The van der Waals surface area contributed by atoms with Gasteiger partial charge >= 0.3 is 0 Å². The van der Waals surface area contributed by atoms with Gasteiger partial charge in [-0.1, -0.05) is 66.7 Å². The summed E-state index contributed by atoms with van der Waals surface area (Å²) >= 11 is 0. The van der Waals surface area contributed by atoms with Gasteiger partial charge in [0.1, 0.15) is 23.6 Å². The minimum absolute atomic E-state index is 0.173. The van der Waals surface area contributed by atoms with Crippen molar-refractivity contribution in [3.8, 4) is 11.5 Å². The Balaban J connectivity index is 1.18. The number of aromatic nitrogens is 1. The zero-order chi connectivity index (χ0) is 23.9. The standard InChI is InChI=1S/C29H23N3O3/c33-28(20-35-27-13-5-10-23-11-6-16-30-29(23)27)32-31-18-25-9-3-4-12-26(25)34-19-21-14-15-22-7-1-2-8-24(22)17-21/h1-18H,19-20H2,(H,32,33)/b31-18+. The van der Waals surface area contributed by atoms with E-state index in [1.54, 1.807) is 18.5 Å². The highest BCUT2D eigenvalue weighted by Crippen LogP contribution is 2.23. The number of para-hydroxylation sites is 2. The molecule has 0 radical (unpaired) electrons. The first-order chi connectivity index (χ1) is 17.3. The van der Waals surface area contributed by atoms with Gasteiger partial charge in [-0.2, -0.15) is 5.10 Å². The molecule has 172 valence electrons. The molecule has 0 aliphatic rings. The Bertz CT molecular complexity index is 1510. The third-order valence-corrected chi connectivity index (χ3v) is 5.47. The van der Waals surface area contributed by atoms with Crippen molar-refractivity contribution in [1.82, 2.24) is 10.4 Å². The van der Waals surface area contributed by atoms with Crippen molar-refractivity contribution in [1.29, 1.82) is 0 Å². The number of nitrogens with zero attached hydrogens (tertiary/aromatic N) is 2. The Morgan fingerprint density at radius 3 is 2.51 bits per heavy atom. The second-order valence-corrected chi connectivity index (χ2v) is 7.92. The molecule has 5 rings (SSSR count). The molecular weight excluding hydrogens is 438 g/mol. The monoisotopic (exact) mass is 461 g/mol. The normalized spacial score (nSPS) is 11.1. The van der Waals surface area contributed by atoms with E-state index < -0.39 is 0 Å². The zero-order valence-electron chi connectivity index (χ0n) is 18.9. The predicted octanol–water partition coefficient (Wildman–Crippen LogP) is 5.50. The maximum Gasteiger partial charge on any atom is 0.277 e. The van der Waals surface area contributed by atoms with Crippen LogP contribution in [0.3, 0.4) is 0 Å². The molecule has 6 heteroatoms. The lowest BCUT2D eigenvalue weighted by Gasteiger charge is -2.10.